The fraction of sp³-hybridized carbons (Fsp3) is 1.00. The molecule has 0 aromatic carbocycles. The van der Waals surface area contributed by atoms with Crippen molar-refractivity contribution >= 4 is 24.2 Å². The Hall–Kier alpha value is 0.611. The van der Waals surface area contributed by atoms with Gasteiger partial charge >= 0.3 is 0 Å². The second-order valence-electron chi connectivity index (χ2n) is 8.40. The first-order chi connectivity index (χ1) is 6.76. The summed E-state index contributed by atoms with van der Waals surface area (Å²) in [6.45, 7) is 21.6. The second kappa shape index (κ2) is 5.08. The second-order valence-corrected chi connectivity index (χ2v) is 25.2. The highest BCUT2D eigenvalue weighted by Gasteiger charge is 2.40. The zero-order valence-corrected chi connectivity index (χ0v) is 15.8. The molecule has 1 unspecified atom stereocenters. The van der Waals surface area contributed by atoms with Crippen molar-refractivity contribution in [2.45, 2.75) is 76.2 Å². The maximum Gasteiger partial charge on any atom is 0.0781 e. The van der Waals surface area contributed by atoms with Crippen LogP contribution in [0.4, 0.5) is 0 Å². The van der Waals surface area contributed by atoms with Crippen LogP contribution in [-0.2, 0) is 0 Å². The van der Waals surface area contributed by atoms with E-state index < -0.39 is 24.2 Å². The molecule has 0 aliphatic rings. The van der Waals surface area contributed by atoms with E-state index in [-0.39, 0.29) is 5.73 Å². The maximum atomic E-state index is 10.4. The fourth-order valence-electron chi connectivity index (χ4n) is 2.58. The predicted molar refractivity (Wildman–Crippen MR) is 84.4 cm³/mol. The molecule has 0 radical (unpaired) electrons. The number of hydrogen-bond acceptors (Lipinski definition) is 1. The van der Waals surface area contributed by atoms with Gasteiger partial charge in [0.15, 0.2) is 0 Å². The summed E-state index contributed by atoms with van der Waals surface area (Å²) in [4.78, 5) is 0. The third-order valence-electron chi connectivity index (χ3n) is 3.55. The lowest BCUT2D eigenvalue weighted by Crippen LogP contribution is -2.49. The highest BCUT2D eigenvalue weighted by atomic mass is 28.4. The van der Waals surface area contributed by atoms with Gasteiger partial charge in [-0.1, -0.05) is 58.9 Å². The molecular weight excluding hydrogens is 244 g/mol. The molecule has 0 amide bonds. The van der Waals surface area contributed by atoms with Crippen LogP contribution in [0.5, 0.6) is 0 Å². The van der Waals surface area contributed by atoms with Gasteiger partial charge in [-0.15, -0.1) is 0 Å². The average Bonchev–Trinajstić information content (AvgIpc) is 1.92. The van der Waals surface area contributed by atoms with Crippen LogP contribution in [-0.4, -0.2) is 35.1 Å². The van der Waals surface area contributed by atoms with E-state index in [1.54, 1.807) is 0 Å². The van der Waals surface area contributed by atoms with Crippen molar-refractivity contribution in [2.24, 2.45) is 0 Å². The van der Waals surface area contributed by atoms with Crippen LogP contribution in [0, 0.1) is 0 Å². The van der Waals surface area contributed by atoms with Gasteiger partial charge < -0.3 is 5.11 Å². The maximum absolute atomic E-state index is 10.4. The minimum atomic E-state index is -1.38. The van der Waals surface area contributed by atoms with Crippen LogP contribution in [0.15, 0.2) is 0 Å². The molecule has 0 saturated carbocycles. The monoisotopic (exact) mass is 276 g/mol. The summed E-state index contributed by atoms with van der Waals surface area (Å²) < 4.78 is 0. The summed E-state index contributed by atoms with van der Waals surface area (Å²) in [5, 5.41) is 11.2. The number of aliphatic hydroxyl groups is 1. The Balaban J connectivity index is 4.85. The summed E-state index contributed by atoms with van der Waals surface area (Å²) in [6.07, 6.45) is 1.07. The Morgan fingerprint density at radius 1 is 0.688 bits per heavy atom. The van der Waals surface area contributed by atoms with E-state index in [0.29, 0.717) is 0 Å². The first-order valence-corrected chi connectivity index (χ1v) is 17.2. The van der Waals surface area contributed by atoms with E-state index in [1.807, 2.05) is 0 Å². The first-order valence-electron chi connectivity index (χ1n) is 6.44. The van der Waals surface area contributed by atoms with Gasteiger partial charge in [0.25, 0.3) is 0 Å². The minimum Gasteiger partial charge on any atom is -0.397 e. The van der Waals surface area contributed by atoms with Gasteiger partial charge in [-0.25, -0.2) is 0 Å². The Labute approximate surface area is 106 Å². The van der Waals surface area contributed by atoms with Gasteiger partial charge in [0, 0.05) is 21.9 Å². The lowest BCUT2D eigenvalue weighted by molar-refractivity contribution is 0.235. The van der Waals surface area contributed by atoms with Crippen molar-refractivity contribution in [3.8, 4) is 0 Å². The fourth-order valence-corrected chi connectivity index (χ4v) is 16.3. The quantitative estimate of drug-likeness (QED) is 0.746. The standard InChI is InChI=1S/C12H32OSi3/c1-14(2,3)11(13)10-12(15(4,5)6)16(7,8)9/h11-13H,10H2,1-9H3. The summed E-state index contributed by atoms with van der Waals surface area (Å²) in [6, 6.07) is 0. The minimum absolute atomic E-state index is 0.0176. The highest BCUT2D eigenvalue weighted by Crippen LogP contribution is 2.37. The molecule has 1 atom stereocenters. The van der Waals surface area contributed by atoms with E-state index in [0.717, 1.165) is 11.6 Å². The third-order valence-corrected chi connectivity index (χ3v) is 15.6. The van der Waals surface area contributed by atoms with Gasteiger partial charge in [0.2, 0.25) is 0 Å². The molecule has 0 fully saturated rings. The molecule has 0 aliphatic heterocycles. The van der Waals surface area contributed by atoms with Crippen LogP contribution in [0.2, 0.25) is 64.1 Å². The summed E-state index contributed by atoms with van der Waals surface area (Å²) >= 11 is 0. The first kappa shape index (κ1) is 16.6. The zero-order valence-electron chi connectivity index (χ0n) is 12.8. The van der Waals surface area contributed by atoms with Gasteiger partial charge in [0.05, 0.1) is 8.07 Å². The van der Waals surface area contributed by atoms with E-state index >= 15 is 0 Å². The van der Waals surface area contributed by atoms with Crippen LogP contribution in [0.1, 0.15) is 6.42 Å². The molecule has 0 aromatic heterocycles. The lowest BCUT2D eigenvalue weighted by Gasteiger charge is -2.41. The Bertz CT molecular complexity index is 206. The number of hydrogen-bond donors (Lipinski definition) is 1. The normalized spacial score (nSPS) is 16.7. The van der Waals surface area contributed by atoms with Crippen molar-refractivity contribution in [1.29, 1.82) is 0 Å². The average molecular weight is 277 g/mol. The molecular formula is C12H32OSi3. The molecule has 0 saturated heterocycles. The molecule has 16 heavy (non-hydrogen) atoms. The smallest absolute Gasteiger partial charge is 0.0781 e. The summed E-state index contributed by atoms with van der Waals surface area (Å²) in [7, 11) is -3.66. The number of aliphatic hydroxyl groups excluding tert-OH is 1. The van der Waals surface area contributed by atoms with Gasteiger partial charge in [-0.3, -0.25) is 0 Å². The molecule has 0 rings (SSSR count). The summed E-state index contributed by atoms with van der Waals surface area (Å²) in [5.74, 6) is 0. The van der Waals surface area contributed by atoms with Crippen molar-refractivity contribution < 1.29 is 5.11 Å². The lowest BCUT2D eigenvalue weighted by atomic mass is 10.5. The van der Waals surface area contributed by atoms with Gasteiger partial charge in [0.1, 0.15) is 0 Å². The predicted octanol–water partition coefficient (Wildman–Crippen LogP) is 4.20. The molecule has 4 heteroatoms. The van der Waals surface area contributed by atoms with E-state index in [4.69, 9.17) is 0 Å². The molecule has 0 aromatic rings. The van der Waals surface area contributed by atoms with Crippen molar-refractivity contribution in [1.82, 2.24) is 0 Å². The Morgan fingerprint density at radius 3 is 1.19 bits per heavy atom. The van der Waals surface area contributed by atoms with Crippen molar-refractivity contribution in [3.05, 3.63) is 0 Å². The zero-order chi connectivity index (χ0) is 13.4. The molecule has 0 spiro atoms. The van der Waals surface area contributed by atoms with Crippen LogP contribution in [0.3, 0.4) is 0 Å². The Kier molecular flexibility index (Phi) is 5.27. The Morgan fingerprint density at radius 2 is 1.00 bits per heavy atom. The molecule has 1 N–H and O–H groups in total. The SMILES string of the molecule is C[Si](C)(C)C(O)CC([Si](C)(C)C)[Si](C)(C)C. The van der Waals surface area contributed by atoms with Crippen LogP contribution in [0.25, 0.3) is 0 Å². The molecule has 0 heterocycles. The summed E-state index contributed by atoms with van der Waals surface area (Å²) in [5.41, 5.74) is -0.0176. The van der Waals surface area contributed by atoms with Gasteiger partial charge in [-0.2, -0.15) is 0 Å². The van der Waals surface area contributed by atoms with Gasteiger partial charge in [-0.05, 0) is 11.6 Å². The van der Waals surface area contributed by atoms with Crippen molar-refractivity contribution in [3.63, 3.8) is 0 Å². The third kappa shape index (κ3) is 5.29. The molecule has 0 aliphatic carbocycles. The molecule has 1 nitrogen and oxygen atoms in total. The largest absolute Gasteiger partial charge is 0.397 e. The van der Waals surface area contributed by atoms with Crippen LogP contribution >= 0.6 is 0 Å². The van der Waals surface area contributed by atoms with E-state index in [2.05, 4.69) is 58.9 Å². The number of rotatable bonds is 5. The van der Waals surface area contributed by atoms with Crippen LogP contribution < -0.4 is 0 Å². The van der Waals surface area contributed by atoms with Crippen molar-refractivity contribution in [2.75, 3.05) is 0 Å². The highest BCUT2D eigenvalue weighted by molar-refractivity contribution is 6.96. The van der Waals surface area contributed by atoms with E-state index in [9.17, 15) is 5.11 Å². The van der Waals surface area contributed by atoms with E-state index in [1.165, 1.54) is 0 Å². The molecule has 98 valence electrons. The topological polar surface area (TPSA) is 20.2 Å². The molecule has 0 bridgehead atoms.